The lowest BCUT2D eigenvalue weighted by Gasteiger charge is -2.20. The van der Waals surface area contributed by atoms with E-state index in [0.29, 0.717) is 5.13 Å². The average molecular weight is 229 g/mol. The summed E-state index contributed by atoms with van der Waals surface area (Å²) in [5, 5.41) is 8.39. The molecule has 0 unspecified atom stereocenters. The SMILES string of the molecule is Nc1nnc(SCC2CCCCC2)s1. The minimum Gasteiger partial charge on any atom is -0.374 e. The summed E-state index contributed by atoms with van der Waals surface area (Å²) in [4.78, 5) is 0. The van der Waals surface area contributed by atoms with Gasteiger partial charge in [0.15, 0.2) is 4.34 Å². The molecule has 0 atom stereocenters. The normalized spacial score (nSPS) is 18.6. The number of thioether (sulfide) groups is 1. The van der Waals surface area contributed by atoms with E-state index in [1.165, 1.54) is 49.2 Å². The molecule has 14 heavy (non-hydrogen) atoms. The Bertz CT molecular complexity index is 281. The zero-order valence-corrected chi connectivity index (χ0v) is 9.74. The lowest BCUT2D eigenvalue weighted by Crippen LogP contribution is -2.08. The molecule has 1 fully saturated rings. The van der Waals surface area contributed by atoms with E-state index < -0.39 is 0 Å². The summed E-state index contributed by atoms with van der Waals surface area (Å²) in [5.74, 6) is 2.08. The van der Waals surface area contributed by atoms with Gasteiger partial charge in [-0.05, 0) is 18.8 Å². The van der Waals surface area contributed by atoms with Crippen molar-refractivity contribution in [3.63, 3.8) is 0 Å². The van der Waals surface area contributed by atoms with Gasteiger partial charge in [-0.3, -0.25) is 0 Å². The molecule has 1 aliphatic carbocycles. The first-order chi connectivity index (χ1) is 6.84. The highest BCUT2D eigenvalue weighted by Crippen LogP contribution is 2.31. The van der Waals surface area contributed by atoms with Gasteiger partial charge in [-0.1, -0.05) is 42.4 Å². The van der Waals surface area contributed by atoms with Gasteiger partial charge >= 0.3 is 0 Å². The number of nitrogen functional groups attached to an aromatic ring is 1. The van der Waals surface area contributed by atoms with Crippen molar-refractivity contribution in [3.05, 3.63) is 0 Å². The molecule has 78 valence electrons. The molecule has 0 aromatic carbocycles. The van der Waals surface area contributed by atoms with Gasteiger partial charge in [-0.15, -0.1) is 10.2 Å². The van der Waals surface area contributed by atoms with Crippen molar-refractivity contribution in [2.24, 2.45) is 5.92 Å². The number of aromatic nitrogens is 2. The summed E-state index contributed by atoms with van der Waals surface area (Å²) in [6.07, 6.45) is 7.02. The second-order valence-electron chi connectivity index (χ2n) is 3.72. The summed E-state index contributed by atoms with van der Waals surface area (Å²) in [5.41, 5.74) is 5.52. The fourth-order valence-electron chi connectivity index (χ4n) is 1.82. The Balaban J connectivity index is 1.76. The third-order valence-corrected chi connectivity index (χ3v) is 4.71. The molecule has 1 aromatic heterocycles. The lowest BCUT2D eigenvalue weighted by atomic mass is 9.91. The molecule has 1 saturated carbocycles. The predicted molar refractivity (Wildman–Crippen MR) is 61.6 cm³/mol. The van der Waals surface area contributed by atoms with Crippen LogP contribution in [0.4, 0.5) is 5.13 Å². The van der Waals surface area contributed by atoms with Crippen molar-refractivity contribution in [3.8, 4) is 0 Å². The van der Waals surface area contributed by atoms with E-state index in [2.05, 4.69) is 10.2 Å². The molecule has 2 rings (SSSR count). The Kier molecular flexibility index (Phi) is 3.64. The Morgan fingerprint density at radius 2 is 2.07 bits per heavy atom. The number of hydrogen-bond donors (Lipinski definition) is 1. The molecule has 5 heteroatoms. The minimum absolute atomic E-state index is 0.580. The van der Waals surface area contributed by atoms with Gasteiger partial charge in [0.2, 0.25) is 5.13 Å². The monoisotopic (exact) mass is 229 g/mol. The first-order valence-electron chi connectivity index (χ1n) is 5.06. The quantitative estimate of drug-likeness (QED) is 0.810. The fourth-order valence-corrected chi connectivity index (χ4v) is 3.67. The van der Waals surface area contributed by atoms with Crippen LogP contribution < -0.4 is 5.73 Å². The third kappa shape index (κ3) is 2.85. The van der Waals surface area contributed by atoms with Crippen LogP contribution in [0.25, 0.3) is 0 Å². The van der Waals surface area contributed by atoms with E-state index in [1.54, 1.807) is 0 Å². The summed E-state index contributed by atoms with van der Waals surface area (Å²) in [6, 6.07) is 0. The smallest absolute Gasteiger partial charge is 0.203 e. The standard InChI is InChI=1S/C9H15N3S2/c10-8-11-12-9(14-8)13-6-7-4-2-1-3-5-7/h7H,1-6H2,(H2,10,11). The Labute approximate surface area is 92.5 Å². The summed E-state index contributed by atoms with van der Waals surface area (Å²) in [6.45, 7) is 0. The van der Waals surface area contributed by atoms with Crippen LogP contribution in [0.5, 0.6) is 0 Å². The predicted octanol–water partition coefficient (Wildman–Crippen LogP) is 2.79. The summed E-state index contributed by atoms with van der Waals surface area (Å²) < 4.78 is 1.02. The maximum atomic E-state index is 5.52. The molecule has 0 bridgehead atoms. The minimum atomic E-state index is 0.580. The van der Waals surface area contributed by atoms with Crippen LogP contribution in [-0.2, 0) is 0 Å². The number of rotatable bonds is 3. The van der Waals surface area contributed by atoms with Crippen molar-refractivity contribution in [1.82, 2.24) is 10.2 Å². The molecule has 1 aromatic rings. The van der Waals surface area contributed by atoms with Crippen molar-refractivity contribution >= 4 is 28.2 Å². The molecule has 0 radical (unpaired) electrons. The van der Waals surface area contributed by atoms with Crippen molar-refractivity contribution in [2.45, 2.75) is 36.4 Å². The molecule has 2 N–H and O–H groups in total. The van der Waals surface area contributed by atoms with Crippen LogP contribution in [0, 0.1) is 5.92 Å². The molecule has 1 heterocycles. The number of nitrogens with two attached hydrogens (primary N) is 1. The van der Waals surface area contributed by atoms with E-state index >= 15 is 0 Å². The number of nitrogens with zero attached hydrogens (tertiary/aromatic N) is 2. The molecule has 0 spiro atoms. The highest BCUT2D eigenvalue weighted by atomic mass is 32.2. The van der Waals surface area contributed by atoms with Crippen LogP contribution in [0.2, 0.25) is 0 Å². The number of anilines is 1. The van der Waals surface area contributed by atoms with Gasteiger partial charge in [0.25, 0.3) is 0 Å². The van der Waals surface area contributed by atoms with E-state index in [9.17, 15) is 0 Å². The molecular weight excluding hydrogens is 214 g/mol. The van der Waals surface area contributed by atoms with Gasteiger partial charge in [-0.2, -0.15) is 0 Å². The largest absolute Gasteiger partial charge is 0.374 e. The van der Waals surface area contributed by atoms with Gasteiger partial charge in [-0.25, -0.2) is 0 Å². The first kappa shape index (κ1) is 10.2. The maximum Gasteiger partial charge on any atom is 0.203 e. The average Bonchev–Trinajstić information content (AvgIpc) is 2.63. The zero-order chi connectivity index (χ0) is 9.80. The molecular formula is C9H15N3S2. The van der Waals surface area contributed by atoms with Crippen LogP contribution in [-0.4, -0.2) is 16.0 Å². The highest BCUT2D eigenvalue weighted by Gasteiger charge is 2.14. The molecule has 0 aliphatic heterocycles. The fraction of sp³-hybridized carbons (Fsp3) is 0.778. The molecule has 3 nitrogen and oxygen atoms in total. The second-order valence-corrected chi connectivity index (χ2v) is 6.00. The maximum absolute atomic E-state index is 5.52. The van der Waals surface area contributed by atoms with Gasteiger partial charge in [0.1, 0.15) is 0 Å². The molecule has 0 saturated heterocycles. The van der Waals surface area contributed by atoms with Crippen LogP contribution in [0.1, 0.15) is 32.1 Å². The Hall–Kier alpha value is -0.290. The van der Waals surface area contributed by atoms with E-state index in [4.69, 9.17) is 5.73 Å². The number of hydrogen-bond acceptors (Lipinski definition) is 5. The van der Waals surface area contributed by atoms with Crippen molar-refractivity contribution < 1.29 is 0 Å². The second kappa shape index (κ2) is 4.98. The van der Waals surface area contributed by atoms with Crippen LogP contribution in [0.3, 0.4) is 0 Å². The van der Waals surface area contributed by atoms with Crippen LogP contribution >= 0.6 is 23.1 Å². The highest BCUT2D eigenvalue weighted by molar-refractivity contribution is 8.01. The third-order valence-electron chi connectivity index (χ3n) is 2.59. The van der Waals surface area contributed by atoms with Gasteiger partial charge in [0.05, 0.1) is 0 Å². The van der Waals surface area contributed by atoms with Crippen molar-refractivity contribution in [2.75, 3.05) is 11.5 Å². The van der Waals surface area contributed by atoms with Crippen LogP contribution in [0.15, 0.2) is 4.34 Å². The zero-order valence-electron chi connectivity index (χ0n) is 8.11. The molecule has 0 amide bonds. The summed E-state index contributed by atoms with van der Waals surface area (Å²) in [7, 11) is 0. The first-order valence-corrected chi connectivity index (χ1v) is 6.86. The van der Waals surface area contributed by atoms with Crippen molar-refractivity contribution in [1.29, 1.82) is 0 Å². The molecule has 1 aliphatic rings. The summed E-state index contributed by atoms with van der Waals surface area (Å²) >= 11 is 3.31. The Morgan fingerprint density at radius 3 is 2.71 bits per heavy atom. The van der Waals surface area contributed by atoms with E-state index in [0.717, 1.165) is 10.3 Å². The van der Waals surface area contributed by atoms with Gasteiger partial charge < -0.3 is 5.73 Å². The Morgan fingerprint density at radius 1 is 1.29 bits per heavy atom. The van der Waals surface area contributed by atoms with E-state index in [1.807, 2.05) is 11.8 Å². The topological polar surface area (TPSA) is 51.8 Å². The van der Waals surface area contributed by atoms with Gasteiger partial charge in [0, 0.05) is 5.75 Å². The lowest BCUT2D eigenvalue weighted by molar-refractivity contribution is 0.391. The van der Waals surface area contributed by atoms with E-state index in [-0.39, 0.29) is 0 Å².